The monoisotopic (exact) mass is 313 g/mol. The number of carbonyl (C=O) groups is 1. The maximum Gasteiger partial charge on any atom is 0.407 e. The Kier molecular flexibility index (Phi) is 7.67. The first-order valence-electron chi connectivity index (χ1n) is 7.49. The van der Waals surface area contributed by atoms with E-state index in [0.29, 0.717) is 6.54 Å². The third kappa shape index (κ3) is 8.67. The van der Waals surface area contributed by atoms with E-state index in [-0.39, 0.29) is 12.1 Å². The van der Waals surface area contributed by atoms with Crippen LogP contribution in [0.1, 0.15) is 52.0 Å². The van der Waals surface area contributed by atoms with Gasteiger partial charge in [-0.2, -0.15) is 0 Å². The zero-order valence-corrected chi connectivity index (χ0v) is 14.3. The van der Waals surface area contributed by atoms with Crippen LogP contribution < -0.4 is 10.6 Å². The van der Waals surface area contributed by atoms with Gasteiger partial charge in [0.25, 0.3) is 0 Å². The molecule has 0 aliphatic carbocycles. The molecule has 0 aliphatic heterocycles. The molecule has 0 saturated heterocycles. The molecule has 0 aromatic carbocycles. The Morgan fingerprint density at radius 2 is 2.24 bits per heavy atom. The number of alkyl carbamates (subject to hydrolysis) is 1. The molecule has 1 atom stereocenters. The highest BCUT2D eigenvalue weighted by Crippen LogP contribution is 2.08. The van der Waals surface area contributed by atoms with Gasteiger partial charge in [0, 0.05) is 30.7 Å². The van der Waals surface area contributed by atoms with Gasteiger partial charge in [-0.25, -0.2) is 9.78 Å². The summed E-state index contributed by atoms with van der Waals surface area (Å²) in [5.74, 6) is 0. The van der Waals surface area contributed by atoms with Crippen LogP contribution in [0.5, 0.6) is 0 Å². The molecule has 1 aromatic heterocycles. The molecule has 0 bridgehead atoms. The van der Waals surface area contributed by atoms with Gasteiger partial charge in [0.05, 0.1) is 0 Å². The second-order valence-electron chi connectivity index (χ2n) is 6.03. The molecule has 1 amide bonds. The average Bonchev–Trinajstić information content (AvgIpc) is 2.89. The van der Waals surface area contributed by atoms with E-state index in [0.717, 1.165) is 30.8 Å². The van der Waals surface area contributed by atoms with Crippen LogP contribution in [-0.4, -0.2) is 29.3 Å². The predicted octanol–water partition coefficient (Wildman–Crippen LogP) is 3.32. The van der Waals surface area contributed by atoms with E-state index in [9.17, 15) is 4.79 Å². The van der Waals surface area contributed by atoms with Crippen molar-refractivity contribution in [2.75, 3.05) is 6.54 Å². The fourth-order valence-electron chi connectivity index (χ4n) is 1.82. The Morgan fingerprint density at radius 3 is 2.81 bits per heavy atom. The molecule has 0 saturated carbocycles. The number of carbonyl (C=O) groups excluding carboxylic acids is 1. The molecule has 120 valence electrons. The maximum atomic E-state index is 11.7. The van der Waals surface area contributed by atoms with Gasteiger partial charge in [-0.1, -0.05) is 19.8 Å². The molecule has 0 fully saturated rings. The lowest BCUT2D eigenvalue weighted by Crippen LogP contribution is -2.42. The second kappa shape index (κ2) is 9.00. The highest BCUT2D eigenvalue weighted by atomic mass is 32.1. The average molecular weight is 313 g/mol. The van der Waals surface area contributed by atoms with E-state index in [2.05, 4.69) is 22.5 Å². The van der Waals surface area contributed by atoms with Gasteiger partial charge in [-0.3, -0.25) is 0 Å². The van der Waals surface area contributed by atoms with Gasteiger partial charge in [0.2, 0.25) is 0 Å². The molecular weight excluding hydrogens is 286 g/mol. The molecule has 2 N–H and O–H groups in total. The highest BCUT2D eigenvalue weighted by molar-refractivity contribution is 7.09. The molecule has 0 radical (unpaired) electrons. The van der Waals surface area contributed by atoms with Gasteiger partial charge >= 0.3 is 6.09 Å². The summed E-state index contributed by atoms with van der Waals surface area (Å²) in [6, 6.07) is 0.237. The Balaban J connectivity index is 2.36. The zero-order chi connectivity index (χ0) is 15.7. The van der Waals surface area contributed by atoms with Crippen LogP contribution in [0.4, 0.5) is 4.79 Å². The summed E-state index contributed by atoms with van der Waals surface area (Å²) in [5, 5.41) is 9.32. The molecular formula is C15H27N3O2S. The molecule has 1 heterocycles. The molecule has 5 nitrogen and oxygen atoms in total. The summed E-state index contributed by atoms with van der Waals surface area (Å²) in [6.45, 7) is 9.06. The van der Waals surface area contributed by atoms with E-state index >= 15 is 0 Å². The largest absolute Gasteiger partial charge is 0.444 e. The normalized spacial score (nSPS) is 13.0. The van der Waals surface area contributed by atoms with Gasteiger partial charge in [-0.15, -0.1) is 11.3 Å². The van der Waals surface area contributed by atoms with Crippen LogP contribution >= 0.6 is 11.3 Å². The van der Waals surface area contributed by atoms with E-state index in [1.54, 1.807) is 11.3 Å². The summed E-state index contributed by atoms with van der Waals surface area (Å²) >= 11 is 1.64. The van der Waals surface area contributed by atoms with Crippen molar-refractivity contribution in [3.8, 4) is 0 Å². The third-order valence-electron chi connectivity index (χ3n) is 2.82. The molecule has 21 heavy (non-hydrogen) atoms. The summed E-state index contributed by atoms with van der Waals surface area (Å²) in [6.07, 6.45) is 4.74. The van der Waals surface area contributed by atoms with Crippen molar-refractivity contribution < 1.29 is 9.53 Å². The topological polar surface area (TPSA) is 63.2 Å². The summed E-state index contributed by atoms with van der Waals surface area (Å²) in [4.78, 5) is 16.0. The minimum atomic E-state index is -0.461. The lowest BCUT2D eigenvalue weighted by atomic mass is 10.1. The number of ether oxygens (including phenoxy) is 1. The third-order valence-corrected chi connectivity index (χ3v) is 3.60. The molecule has 1 unspecified atom stereocenters. The van der Waals surface area contributed by atoms with Gasteiger partial charge in [0.15, 0.2) is 0 Å². The summed E-state index contributed by atoms with van der Waals surface area (Å²) in [5.41, 5.74) is -0.461. The molecule has 0 aliphatic rings. The highest BCUT2D eigenvalue weighted by Gasteiger charge is 2.17. The molecule has 0 spiro atoms. The van der Waals surface area contributed by atoms with Crippen molar-refractivity contribution >= 4 is 17.4 Å². The van der Waals surface area contributed by atoms with Crippen molar-refractivity contribution in [3.63, 3.8) is 0 Å². The van der Waals surface area contributed by atoms with E-state index in [4.69, 9.17) is 4.74 Å². The standard InChI is InChI=1S/C15H27N3O2S/c1-5-6-7-12(17-11-13-16-8-9-21-13)10-18-14(19)20-15(2,3)4/h8-9,12,17H,5-7,10-11H2,1-4H3,(H,18,19). The fourth-order valence-corrected chi connectivity index (χ4v) is 2.39. The first-order valence-corrected chi connectivity index (χ1v) is 8.37. The second-order valence-corrected chi connectivity index (χ2v) is 7.01. The van der Waals surface area contributed by atoms with E-state index in [1.807, 2.05) is 32.3 Å². The van der Waals surface area contributed by atoms with Crippen molar-refractivity contribution in [1.29, 1.82) is 0 Å². The Bertz CT molecular complexity index is 402. The van der Waals surface area contributed by atoms with Crippen molar-refractivity contribution in [2.24, 2.45) is 0 Å². The quantitative estimate of drug-likeness (QED) is 0.773. The number of unbranched alkanes of at least 4 members (excludes halogenated alkanes) is 1. The first kappa shape index (κ1) is 17.9. The predicted molar refractivity (Wildman–Crippen MR) is 86.5 cm³/mol. The van der Waals surface area contributed by atoms with Gasteiger partial charge in [0.1, 0.15) is 10.6 Å². The van der Waals surface area contributed by atoms with Crippen LogP contribution in [0.25, 0.3) is 0 Å². The Hall–Kier alpha value is -1.14. The van der Waals surface area contributed by atoms with Crippen LogP contribution in [0.3, 0.4) is 0 Å². The lowest BCUT2D eigenvalue weighted by molar-refractivity contribution is 0.0521. The van der Waals surface area contributed by atoms with Crippen molar-refractivity contribution in [3.05, 3.63) is 16.6 Å². The lowest BCUT2D eigenvalue weighted by Gasteiger charge is -2.22. The van der Waals surface area contributed by atoms with Crippen LogP contribution in [0, 0.1) is 0 Å². The van der Waals surface area contributed by atoms with Gasteiger partial charge in [-0.05, 0) is 27.2 Å². The minimum absolute atomic E-state index is 0.237. The van der Waals surface area contributed by atoms with Crippen LogP contribution in [0.2, 0.25) is 0 Å². The fraction of sp³-hybridized carbons (Fsp3) is 0.733. The van der Waals surface area contributed by atoms with Crippen molar-refractivity contribution in [2.45, 2.75) is 65.1 Å². The minimum Gasteiger partial charge on any atom is -0.444 e. The summed E-state index contributed by atoms with van der Waals surface area (Å²) in [7, 11) is 0. The number of amides is 1. The zero-order valence-electron chi connectivity index (χ0n) is 13.4. The van der Waals surface area contributed by atoms with E-state index in [1.165, 1.54) is 0 Å². The van der Waals surface area contributed by atoms with Crippen molar-refractivity contribution in [1.82, 2.24) is 15.6 Å². The smallest absolute Gasteiger partial charge is 0.407 e. The SMILES string of the molecule is CCCCC(CNC(=O)OC(C)(C)C)NCc1nccs1. The summed E-state index contributed by atoms with van der Waals surface area (Å²) < 4.78 is 5.25. The first-order chi connectivity index (χ1) is 9.90. The number of hydrogen-bond donors (Lipinski definition) is 2. The number of hydrogen-bond acceptors (Lipinski definition) is 5. The number of nitrogens with one attached hydrogen (secondary N) is 2. The molecule has 1 aromatic rings. The molecule has 1 rings (SSSR count). The number of aromatic nitrogens is 1. The maximum absolute atomic E-state index is 11.7. The number of nitrogens with zero attached hydrogens (tertiary/aromatic N) is 1. The Labute approximate surface area is 131 Å². The Morgan fingerprint density at radius 1 is 1.48 bits per heavy atom. The number of thiazole rings is 1. The van der Waals surface area contributed by atoms with E-state index < -0.39 is 5.60 Å². The van der Waals surface area contributed by atoms with Gasteiger partial charge < -0.3 is 15.4 Å². The van der Waals surface area contributed by atoms with Crippen LogP contribution in [0.15, 0.2) is 11.6 Å². The number of rotatable bonds is 8. The van der Waals surface area contributed by atoms with Crippen LogP contribution in [-0.2, 0) is 11.3 Å². The molecule has 6 heteroatoms.